The maximum absolute atomic E-state index is 12.5. The van der Waals surface area contributed by atoms with Crippen molar-refractivity contribution < 1.29 is 4.79 Å². The number of nitriles is 1. The van der Waals surface area contributed by atoms with E-state index in [4.69, 9.17) is 23.2 Å². The zero-order valence-corrected chi connectivity index (χ0v) is 13.8. The molecule has 0 aromatic heterocycles. The average molecular weight is 416 g/mol. The van der Waals surface area contributed by atoms with E-state index < -0.39 is 5.92 Å². The number of hydrogen-bond donors (Lipinski definition) is 0. The monoisotopic (exact) mass is 415 g/mol. The Morgan fingerprint density at radius 2 is 1.90 bits per heavy atom. The minimum Gasteiger partial charge on any atom is -0.292 e. The molecule has 0 amide bonds. The van der Waals surface area contributed by atoms with Gasteiger partial charge in [-0.15, -0.1) is 0 Å². The number of nitrogens with zero attached hydrogens (tertiary/aromatic N) is 1. The zero-order chi connectivity index (χ0) is 14.7. The van der Waals surface area contributed by atoms with Crippen LogP contribution < -0.4 is 0 Å². The highest BCUT2D eigenvalue weighted by Crippen LogP contribution is 2.30. The number of benzene rings is 2. The van der Waals surface area contributed by atoms with Gasteiger partial charge in [-0.3, -0.25) is 4.79 Å². The highest BCUT2D eigenvalue weighted by molar-refractivity contribution is 14.1. The lowest BCUT2D eigenvalue weighted by Gasteiger charge is -2.12. The van der Waals surface area contributed by atoms with Gasteiger partial charge in [-0.25, -0.2) is 0 Å². The van der Waals surface area contributed by atoms with Crippen LogP contribution in [0, 0.1) is 14.9 Å². The topological polar surface area (TPSA) is 40.9 Å². The van der Waals surface area contributed by atoms with Gasteiger partial charge >= 0.3 is 0 Å². The van der Waals surface area contributed by atoms with Crippen molar-refractivity contribution in [3.05, 3.63) is 67.2 Å². The molecule has 0 radical (unpaired) electrons. The maximum atomic E-state index is 12.5. The highest BCUT2D eigenvalue weighted by atomic mass is 127. The molecule has 0 saturated carbocycles. The second-order valence-corrected chi connectivity index (χ2v) is 6.08. The molecule has 100 valence electrons. The first-order valence-corrected chi connectivity index (χ1v) is 7.51. The lowest BCUT2D eigenvalue weighted by molar-refractivity contribution is 0.0978. The molecule has 0 aliphatic carbocycles. The smallest absolute Gasteiger partial charge is 0.185 e. The molecule has 0 saturated heterocycles. The van der Waals surface area contributed by atoms with E-state index in [-0.39, 0.29) is 5.78 Å². The number of rotatable bonds is 3. The molecule has 0 aliphatic rings. The first-order valence-electron chi connectivity index (χ1n) is 5.68. The van der Waals surface area contributed by atoms with E-state index in [1.54, 1.807) is 24.3 Å². The number of ketones is 1. The standard InChI is InChI=1S/C15H8Cl2INO/c16-9-5-6-10(13(17)7-9)12(8-19)15(20)11-3-1-2-4-14(11)18/h1-7,12H. The summed E-state index contributed by atoms with van der Waals surface area (Å²) in [6.45, 7) is 0. The minimum atomic E-state index is -0.935. The van der Waals surface area contributed by atoms with Crippen LogP contribution in [-0.4, -0.2) is 5.78 Å². The van der Waals surface area contributed by atoms with Crippen molar-refractivity contribution in [1.82, 2.24) is 0 Å². The van der Waals surface area contributed by atoms with Crippen molar-refractivity contribution in [3.8, 4) is 6.07 Å². The summed E-state index contributed by atoms with van der Waals surface area (Å²) in [4.78, 5) is 12.5. The molecule has 2 aromatic rings. The van der Waals surface area contributed by atoms with Crippen molar-refractivity contribution in [1.29, 1.82) is 5.26 Å². The molecule has 0 heterocycles. The van der Waals surface area contributed by atoms with Crippen molar-refractivity contribution >= 4 is 51.6 Å². The molecule has 1 atom stereocenters. The summed E-state index contributed by atoms with van der Waals surface area (Å²) >= 11 is 14.0. The molecule has 0 bridgehead atoms. The largest absolute Gasteiger partial charge is 0.292 e. The Morgan fingerprint density at radius 3 is 2.50 bits per heavy atom. The van der Waals surface area contributed by atoms with Crippen LogP contribution in [0.25, 0.3) is 0 Å². The molecule has 0 fully saturated rings. The normalized spacial score (nSPS) is 11.7. The Labute approximate surface area is 140 Å². The molecular formula is C15H8Cl2INO. The first kappa shape index (κ1) is 15.3. The summed E-state index contributed by atoms with van der Waals surface area (Å²) in [6.07, 6.45) is 0. The lowest BCUT2D eigenvalue weighted by atomic mass is 9.92. The molecule has 0 aliphatic heterocycles. The Balaban J connectivity index is 2.46. The average Bonchev–Trinajstić information content (AvgIpc) is 2.42. The van der Waals surface area contributed by atoms with Gasteiger partial charge in [0, 0.05) is 19.2 Å². The third-order valence-electron chi connectivity index (χ3n) is 2.80. The Kier molecular flexibility index (Phi) is 5.03. The summed E-state index contributed by atoms with van der Waals surface area (Å²) in [5, 5.41) is 10.1. The summed E-state index contributed by atoms with van der Waals surface area (Å²) in [6, 6.07) is 13.9. The molecular weight excluding hydrogens is 408 g/mol. The van der Waals surface area contributed by atoms with E-state index in [0.29, 0.717) is 21.2 Å². The van der Waals surface area contributed by atoms with Crippen LogP contribution in [-0.2, 0) is 0 Å². The van der Waals surface area contributed by atoms with Gasteiger partial charge in [0.25, 0.3) is 0 Å². The lowest BCUT2D eigenvalue weighted by Crippen LogP contribution is -2.13. The van der Waals surface area contributed by atoms with E-state index >= 15 is 0 Å². The highest BCUT2D eigenvalue weighted by Gasteiger charge is 2.25. The quantitative estimate of drug-likeness (QED) is 0.517. The second-order valence-electron chi connectivity index (χ2n) is 4.07. The van der Waals surface area contributed by atoms with Crippen molar-refractivity contribution in [2.75, 3.05) is 0 Å². The van der Waals surface area contributed by atoms with E-state index in [1.807, 2.05) is 18.2 Å². The molecule has 2 rings (SSSR count). The first-order chi connectivity index (χ1) is 9.54. The van der Waals surface area contributed by atoms with Gasteiger partial charge in [0.2, 0.25) is 0 Å². The number of carbonyl (C=O) groups is 1. The molecule has 0 spiro atoms. The fourth-order valence-electron chi connectivity index (χ4n) is 1.82. The number of Topliss-reactive ketones (excluding diaryl/α,β-unsaturated/α-hetero) is 1. The summed E-state index contributed by atoms with van der Waals surface area (Å²) in [7, 11) is 0. The molecule has 20 heavy (non-hydrogen) atoms. The van der Waals surface area contributed by atoms with Gasteiger partial charge < -0.3 is 0 Å². The van der Waals surface area contributed by atoms with E-state index in [0.717, 1.165) is 3.57 Å². The molecule has 1 unspecified atom stereocenters. The van der Waals surface area contributed by atoms with Crippen LogP contribution in [0.15, 0.2) is 42.5 Å². The molecule has 2 nitrogen and oxygen atoms in total. The van der Waals surface area contributed by atoms with Crippen LogP contribution >= 0.6 is 45.8 Å². The summed E-state index contributed by atoms with van der Waals surface area (Å²) in [5.74, 6) is -1.20. The van der Waals surface area contributed by atoms with Gasteiger partial charge in [-0.05, 0) is 46.4 Å². The van der Waals surface area contributed by atoms with Crippen molar-refractivity contribution in [3.63, 3.8) is 0 Å². The number of hydrogen-bond acceptors (Lipinski definition) is 2. The molecule has 2 aromatic carbocycles. The Morgan fingerprint density at radius 1 is 1.20 bits per heavy atom. The van der Waals surface area contributed by atoms with Gasteiger partial charge in [-0.1, -0.05) is 47.5 Å². The zero-order valence-electron chi connectivity index (χ0n) is 10.1. The van der Waals surface area contributed by atoms with E-state index in [2.05, 4.69) is 22.6 Å². The SMILES string of the molecule is N#CC(C(=O)c1ccccc1I)c1ccc(Cl)cc1Cl. The predicted octanol–water partition coefficient (Wildman–Crippen LogP) is 5.09. The minimum absolute atomic E-state index is 0.262. The van der Waals surface area contributed by atoms with Crippen LogP contribution in [0.1, 0.15) is 21.8 Å². The number of halogens is 3. The molecule has 5 heteroatoms. The van der Waals surface area contributed by atoms with Gasteiger partial charge in [0.15, 0.2) is 5.78 Å². The number of carbonyl (C=O) groups excluding carboxylic acids is 1. The Bertz CT molecular complexity index is 709. The van der Waals surface area contributed by atoms with Crippen molar-refractivity contribution in [2.45, 2.75) is 5.92 Å². The van der Waals surface area contributed by atoms with Crippen LogP contribution in [0.5, 0.6) is 0 Å². The fraction of sp³-hybridized carbons (Fsp3) is 0.0667. The predicted molar refractivity (Wildman–Crippen MR) is 88.3 cm³/mol. The molecule has 0 N–H and O–H groups in total. The van der Waals surface area contributed by atoms with Gasteiger partial charge in [0.05, 0.1) is 6.07 Å². The second kappa shape index (κ2) is 6.57. The van der Waals surface area contributed by atoms with Gasteiger partial charge in [-0.2, -0.15) is 5.26 Å². The van der Waals surface area contributed by atoms with Crippen LogP contribution in [0.3, 0.4) is 0 Å². The maximum Gasteiger partial charge on any atom is 0.185 e. The summed E-state index contributed by atoms with van der Waals surface area (Å²) < 4.78 is 0.806. The van der Waals surface area contributed by atoms with Crippen molar-refractivity contribution in [2.24, 2.45) is 0 Å². The van der Waals surface area contributed by atoms with E-state index in [9.17, 15) is 10.1 Å². The summed E-state index contributed by atoms with van der Waals surface area (Å²) in [5.41, 5.74) is 0.994. The fourth-order valence-corrected chi connectivity index (χ4v) is 2.99. The van der Waals surface area contributed by atoms with E-state index in [1.165, 1.54) is 6.07 Å². The third-order valence-corrected chi connectivity index (χ3v) is 4.31. The van der Waals surface area contributed by atoms with Crippen LogP contribution in [0.2, 0.25) is 10.0 Å². The van der Waals surface area contributed by atoms with Crippen LogP contribution in [0.4, 0.5) is 0 Å². The Hall–Kier alpha value is -1.09. The third kappa shape index (κ3) is 3.14. The van der Waals surface area contributed by atoms with Gasteiger partial charge in [0.1, 0.15) is 5.92 Å².